The third-order valence-corrected chi connectivity index (χ3v) is 4.41. The van der Waals surface area contributed by atoms with E-state index in [2.05, 4.69) is 4.74 Å². The van der Waals surface area contributed by atoms with Gasteiger partial charge in [0.1, 0.15) is 0 Å². The maximum absolute atomic E-state index is 14.1. The molecule has 0 aliphatic carbocycles. The number of carbonyl (C=O) groups is 2. The summed E-state index contributed by atoms with van der Waals surface area (Å²) in [4.78, 5) is 23.9. The highest BCUT2D eigenvalue weighted by Crippen LogP contribution is 2.39. The molecule has 1 unspecified atom stereocenters. The number of halogens is 1. The Kier molecular flexibility index (Phi) is 4.65. The van der Waals surface area contributed by atoms with Crippen LogP contribution < -0.4 is 4.74 Å². The number of benzene rings is 1. The van der Waals surface area contributed by atoms with E-state index in [1.807, 2.05) is 0 Å². The SMILES string of the molecule is COC(=O)C(C)CC(=O)c1cc2c(F)c(O)c(OC)cc2s1. The number of rotatable bonds is 5. The Balaban J connectivity index is 2.35. The van der Waals surface area contributed by atoms with Crippen LogP contribution in [0.25, 0.3) is 10.1 Å². The molecule has 1 N–H and O–H groups in total. The maximum atomic E-state index is 14.1. The van der Waals surface area contributed by atoms with E-state index in [1.165, 1.54) is 26.4 Å². The summed E-state index contributed by atoms with van der Waals surface area (Å²) >= 11 is 1.09. The number of ether oxygens (including phenoxy) is 2. The van der Waals surface area contributed by atoms with Crippen molar-refractivity contribution in [3.8, 4) is 11.5 Å². The minimum Gasteiger partial charge on any atom is -0.502 e. The number of carbonyl (C=O) groups excluding carboxylic acids is 2. The Morgan fingerprint density at radius 2 is 2.05 bits per heavy atom. The van der Waals surface area contributed by atoms with Crippen LogP contribution in [0, 0.1) is 11.7 Å². The molecule has 0 bridgehead atoms. The molecule has 0 aliphatic heterocycles. The predicted octanol–water partition coefficient (Wildman–Crippen LogP) is 3.14. The van der Waals surface area contributed by atoms with Crippen LogP contribution in [0.4, 0.5) is 4.39 Å². The van der Waals surface area contributed by atoms with Crippen molar-refractivity contribution < 1.29 is 28.6 Å². The minimum absolute atomic E-state index is 0.00813. The highest BCUT2D eigenvalue weighted by atomic mass is 32.1. The number of fused-ring (bicyclic) bond motifs is 1. The van der Waals surface area contributed by atoms with Gasteiger partial charge in [0, 0.05) is 22.6 Å². The van der Waals surface area contributed by atoms with Gasteiger partial charge in [0.05, 0.1) is 25.0 Å². The lowest BCUT2D eigenvalue weighted by atomic mass is 10.0. The quantitative estimate of drug-likeness (QED) is 0.675. The molecule has 0 saturated heterocycles. The first kappa shape index (κ1) is 16.2. The zero-order chi connectivity index (χ0) is 16.4. The molecule has 7 heteroatoms. The second-order valence-corrected chi connectivity index (χ2v) is 5.90. The van der Waals surface area contributed by atoms with Crippen LogP contribution in [0.3, 0.4) is 0 Å². The summed E-state index contributed by atoms with van der Waals surface area (Å²) in [5.74, 6) is -2.73. The van der Waals surface area contributed by atoms with Crippen LogP contribution in [-0.2, 0) is 9.53 Å². The number of esters is 1. The third kappa shape index (κ3) is 2.89. The number of thiophene rings is 1. The van der Waals surface area contributed by atoms with Crippen LogP contribution in [0.15, 0.2) is 12.1 Å². The van der Waals surface area contributed by atoms with E-state index in [-0.39, 0.29) is 23.3 Å². The van der Waals surface area contributed by atoms with E-state index in [9.17, 15) is 19.1 Å². The Morgan fingerprint density at radius 1 is 1.36 bits per heavy atom. The zero-order valence-corrected chi connectivity index (χ0v) is 13.1. The fraction of sp³-hybridized carbons (Fsp3) is 0.333. The number of hydrogen-bond acceptors (Lipinski definition) is 6. The molecule has 1 heterocycles. The molecule has 22 heavy (non-hydrogen) atoms. The molecule has 0 amide bonds. The molecule has 0 radical (unpaired) electrons. The van der Waals surface area contributed by atoms with E-state index >= 15 is 0 Å². The fourth-order valence-electron chi connectivity index (χ4n) is 2.06. The second kappa shape index (κ2) is 6.31. The number of phenols is 1. The average molecular weight is 326 g/mol. The molecule has 2 rings (SSSR count). The summed E-state index contributed by atoms with van der Waals surface area (Å²) in [7, 11) is 2.57. The highest BCUT2D eigenvalue weighted by Gasteiger charge is 2.22. The van der Waals surface area contributed by atoms with E-state index in [0.717, 1.165) is 11.3 Å². The number of phenolic OH excluding ortho intramolecular Hbond substituents is 1. The minimum atomic E-state index is -0.828. The van der Waals surface area contributed by atoms with Gasteiger partial charge in [-0.3, -0.25) is 9.59 Å². The van der Waals surface area contributed by atoms with E-state index in [4.69, 9.17) is 4.74 Å². The standard InChI is InChI=1S/C15H15FO5S/c1-7(15(19)21-3)4-9(17)12-5-8-11(22-12)6-10(20-2)14(18)13(8)16/h5-7,18H,4H2,1-3H3. The van der Waals surface area contributed by atoms with Crippen molar-refractivity contribution in [2.45, 2.75) is 13.3 Å². The molecule has 1 aromatic carbocycles. The molecule has 0 saturated carbocycles. The lowest BCUT2D eigenvalue weighted by Crippen LogP contribution is -2.16. The summed E-state index contributed by atoms with van der Waals surface area (Å²) in [6.07, 6.45) is -0.0236. The molecule has 5 nitrogen and oxygen atoms in total. The summed E-state index contributed by atoms with van der Waals surface area (Å²) < 4.78 is 24.0. The molecule has 118 valence electrons. The molecule has 1 aromatic heterocycles. The second-order valence-electron chi connectivity index (χ2n) is 4.82. The van der Waals surface area contributed by atoms with Gasteiger partial charge in [0.15, 0.2) is 23.1 Å². The lowest BCUT2D eigenvalue weighted by Gasteiger charge is -2.06. The molecule has 0 fully saturated rings. The number of hydrogen-bond donors (Lipinski definition) is 1. The van der Waals surface area contributed by atoms with Crippen LogP contribution in [0.2, 0.25) is 0 Å². The lowest BCUT2D eigenvalue weighted by molar-refractivity contribution is -0.144. The van der Waals surface area contributed by atoms with Gasteiger partial charge in [0.2, 0.25) is 0 Å². The van der Waals surface area contributed by atoms with E-state index < -0.39 is 23.5 Å². The first-order chi connectivity index (χ1) is 10.4. The summed E-state index contributed by atoms with van der Waals surface area (Å²) in [6, 6.07) is 2.85. The van der Waals surface area contributed by atoms with Crippen molar-refractivity contribution in [3.63, 3.8) is 0 Å². The van der Waals surface area contributed by atoms with Crippen LogP contribution in [0.1, 0.15) is 23.0 Å². The van der Waals surface area contributed by atoms with Crippen molar-refractivity contribution >= 4 is 33.2 Å². The molecule has 2 aromatic rings. The first-order valence-electron chi connectivity index (χ1n) is 6.49. The van der Waals surface area contributed by atoms with Gasteiger partial charge in [-0.05, 0) is 6.07 Å². The molecule has 0 aliphatic rings. The van der Waals surface area contributed by atoms with Crippen LogP contribution >= 0.6 is 11.3 Å². The van der Waals surface area contributed by atoms with Crippen LogP contribution in [0.5, 0.6) is 11.5 Å². The number of methoxy groups -OCH3 is 2. The van der Waals surface area contributed by atoms with Crippen molar-refractivity contribution in [2.75, 3.05) is 14.2 Å². The van der Waals surface area contributed by atoms with E-state index in [0.29, 0.717) is 9.58 Å². The van der Waals surface area contributed by atoms with E-state index in [1.54, 1.807) is 6.92 Å². The third-order valence-electron chi connectivity index (χ3n) is 3.29. The molecule has 0 spiro atoms. The Bertz CT molecular complexity index is 737. The van der Waals surface area contributed by atoms with Crippen molar-refractivity contribution in [1.29, 1.82) is 0 Å². The van der Waals surface area contributed by atoms with Crippen molar-refractivity contribution in [2.24, 2.45) is 5.92 Å². The number of ketones is 1. The van der Waals surface area contributed by atoms with Gasteiger partial charge in [-0.1, -0.05) is 6.92 Å². The Hall–Kier alpha value is -2.15. The summed E-state index contributed by atoms with van der Waals surface area (Å²) in [6.45, 7) is 1.59. The smallest absolute Gasteiger partial charge is 0.308 e. The largest absolute Gasteiger partial charge is 0.502 e. The zero-order valence-electron chi connectivity index (χ0n) is 12.3. The van der Waals surface area contributed by atoms with Crippen LogP contribution in [-0.4, -0.2) is 31.1 Å². The topological polar surface area (TPSA) is 72.8 Å². The summed E-state index contributed by atoms with van der Waals surface area (Å²) in [5, 5.41) is 9.80. The molecule has 1 atom stereocenters. The molecular formula is C15H15FO5S. The predicted molar refractivity (Wildman–Crippen MR) is 80.1 cm³/mol. The molecular weight excluding hydrogens is 311 g/mol. The number of aromatic hydroxyl groups is 1. The highest BCUT2D eigenvalue weighted by molar-refractivity contribution is 7.20. The summed E-state index contributed by atoms with van der Waals surface area (Å²) in [5.41, 5.74) is 0. The fourth-order valence-corrected chi connectivity index (χ4v) is 3.10. The van der Waals surface area contributed by atoms with Gasteiger partial charge in [-0.15, -0.1) is 11.3 Å². The average Bonchev–Trinajstić information content (AvgIpc) is 2.94. The Morgan fingerprint density at radius 3 is 2.64 bits per heavy atom. The van der Waals surface area contributed by atoms with Crippen molar-refractivity contribution in [3.05, 3.63) is 22.8 Å². The maximum Gasteiger partial charge on any atom is 0.308 e. The first-order valence-corrected chi connectivity index (χ1v) is 7.30. The van der Waals surface area contributed by atoms with Gasteiger partial charge in [0.25, 0.3) is 0 Å². The van der Waals surface area contributed by atoms with Gasteiger partial charge in [-0.2, -0.15) is 0 Å². The number of Topliss-reactive ketones (excluding diaryl/α,β-unsaturated/α-hetero) is 1. The van der Waals surface area contributed by atoms with Gasteiger partial charge < -0.3 is 14.6 Å². The van der Waals surface area contributed by atoms with Gasteiger partial charge >= 0.3 is 5.97 Å². The Labute approximate surface area is 130 Å². The monoisotopic (exact) mass is 326 g/mol. The van der Waals surface area contributed by atoms with Crippen molar-refractivity contribution in [1.82, 2.24) is 0 Å². The van der Waals surface area contributed by atoms with Gasteiger partial charge in [-0.25, -0.2) is 4.39 Å². The normalized spacial score (nSPS) is 12.2.